The standard InChI is InChI=1S/C23H23NO3/c1-26-22-14-8-13-20(23(22)27-17-18-9-4-2-5-10-18)15-24-21(16-25)19-11-6-3-7-12-19/h2-15,21,25H,16-17H2,1H3/t21-/m1/s1. The summed E-state index contributed by atoms with van der Waals surface area (Å²) in [6, 6.07) is 25.1. The Morgan fingerprint density at radius 1 is 0.926 bits per heavy atom. The van der Waals surface area contributed by atoms with Crippen LogP contribution >= 0.6 is 0 Å². The lowest BCUT2D eigenvalue weighted by Gasteiger charge is -2.14. The number of hydrogen-bond donors (Lipinski definition) is 1. The van der Waals surface area contributed by atoms with Gasteiger partial charge in [-0.05, 0) is 23.3 Å². The lowest BCUT2D eigenvalue weighted by atomic mass is 10.1. The van der Waals surface area contributed by atoms with Crippen molar-refractivity contribution in [2.45, 2.75) is 12.6 Å². The summed E-state index contributed by atoms with van der Waals surface area (Å²) < 4.78 is 11.5. The van der Waals surface area contributed by atoms with E-state index in [1.54, 1.807) is 13.3 Å². The number of benzene rings is 3. The monoisotopic (exact) mass is 361 g/mol. The summed E-state index contributed by atoms with van der Waals surface area (Å²) >= 11 is 0. The molecule has 0 aromatic heterocycles. The van der Waals surface area contributed by atoms with Gasteiger partial charge in [-0.15, -0.1) is 0 Å². The maximum atomic E-state index is 9.71. The molecule has 1 N–H and O–H groups in total. The van der Waals surface area contributed by atoms with Crippen LogP contribution < -0.4 is 9.47 Å². The normalized spacial score (nSPS) is 12.1. The van der Waals surface area contributed by atoms with Gasteiger partial charge in [-0.3, -0.25) is 4.99 Å². The fourth-order valence-electron chi connectivity index (χ4n) is 2.76. The van der Waals surface area contributed by atoms with Crippen LogP contribution in [0.4, 0.5) is 0 Å². The van der Waals surface area contributed by atoms with Crippen LogP contribution in [0.5, 0.6) is 11.5 Å². The third-order valence-corrected chi connectivity index (χ3v) is 4.21. The number of aliphatic hydroxyl groups is 1. The summed E-state index contributed by atoms with van der Waals surface area (Å²) in [6.45, 7) is 0.370. The van der Waals surface area contributed by atoms with Crippen molar-refractivity contribution in [2.24, 2.45) is 4.99 Å². The molecule has 0 heterocycles. The van der Waals surface area contributed by atoms with Gasteiger partial charge in [0.15, 0.2) is 11.5 Å². The molecule has 27 heavy (non-hydrogen) atoms. The van der Waals surface area contributed by atoms with Crippen LogP contribution in [0.25, 0.3) is 0 Å². The van der Waals surface area contributed by atoms with Crippen LogP contribution in [-0.2, 0) is 6.61 Å². The number of aliphatic imine (C=N–C) groups is 1. The molecule has 0 saturated heterocycles. The first-order chi connectivity index (χ1) is 13.3. The van der Waals surface area contributed by atoms with Crippen LogP contribution in [0, 0.1) is 0 Å². The van der Waals surface area contributed by atoms with Gasteiger partial charge in [0, 0.05) is 11.8 Å². The zero-order valence-corrected chi connectivity index (χ0v) is 15.3. The van der Waals surface area contributed by atoms with E-state index in [1.165, 1.54) is 0 Å². The first-order valence-electron chi connectivity index (χ1n) is 8.84. The van der Waals surface area contributed by atoms with Crippen LogP contribution in [-0.4, -0.2) is 25.0 Å². The Morgan fingerprint density at radius 3 is 2.30 bits per heavy atom. The maximum Gasteiger partial charge on any atom is 0.170 e. The van der Waals surface area contributed by atoms with Crippen molar-refractivity contribution in [3.63, 3.8) is 0 Å². The Balaban J connectivity index is 1.84. The summed E-state index contributed by atoms with van der Waals surface area (Å²) in [4.78, 5) is 4.56. The Labute approximate surface area is 159 Å². The van der Waals surface area contributed by atoms with Crippen molar-refractivity contribution in [3.05, 3.63) is 95.6 Å². The molecular weight excluding hydrogens is 338 g/mol. The van der Waals surface area contributed by atoms with E-state index >= 15 is 0 Å². The molecule has 1 atom stereocenters. The minimum atomic E-state index is -0.320. The third-order valence-electron chi connectivity index (χ3n) is 4.21. The second kappa shape index (κ2) is 9.55. The topological polar surface area (TPSA) is 51.0 Å². The van der Waals surface area contributed by atoms with E-state index in [9.17, 15) is 5.11 Å². The first kappa shape index (κ1) is 18.7. The number of nitrogens with zero attached hydrogens (tertiary/aromatic N) is 1. The smallest absolute Gasteiger partial charge is 0.170 e. The van der Waals surface area contributed by atoms with Crippen LogP contribution in [0.2, 0.25) is 0 Å². The Morgan fingerprint density at radius 2 is 1.63 bits per heavy atom. The highest BCUT2D eigenvalue weighted by molar-refractivity contribution is 5.85. The highest BCUT2D eigenvalue weighted by Gasteiger charge is 2.11. The number of rotatable bonds is 8. The molecule has 3 aromatic rings. The molecule has 0 spiro atoms. The highest BCUT2D eigenvalue weighted by Crippen LogP contribution is 2.31. The SMILES string of the molecule is COc1cccc(C=N[C@H](CO)c2ccccc2)c1OCc1ccccc1. The summed E-state index contributed by atoms with van der Waals surface area (Å²) in [6.07, 6.45) is 1.73. The molecule has 0 radical (unpaired) electrons. The van der Waals surface area contributed by atoms with Crippen molar-refractivity contribution in [1.29, 1.82) is 0 Å². The van der Waals surface area contributed by atoms with Crippen molar-refractivity contribution in [1.82, 2.24) is 0 Å². The maximum absolute atomic E-state index is 9.71. The van der Waals surface area contributed by atoms with Gasteiger partial charge in [-0.1, -0.05) is 66.7 Å². The average molecular weight is 361 g/mol. The molecule has 3 aromatic carbocycles. The Kier molecular flexibility index (Phi) is 6.61. The van der Waals surface area contributed by atoms with Crippen molar-refractivity contribution in [3.8, 4) is 11.5 Å². The number of para-hydroxylation sites is 1. The number of aliphatic hydroxyl groups excluding tert-OH is 1. The van der Waals surface area contributed by atoms with Crippen LogP contribution in [0.15, 0.2) is 83.9 Å². The van der Waals surface area contributed by atoms with E-state index in [2.05, 4.69) is 4.99 Å². The number of ether oxygens (including phenoxy) is 2. The number of hydrogen-bond acceptors (Lipinski definition) is 4. The van der Waals surface area contributed by atoms with Gasteiger partial charge in [0.2, 0.25) is 0 Å². The minimum Gasteiger partial charge on any atom is -0.493 e. The lowest BCUT2D eigenvalue weighted by molar-refractivity contribution is 0.269. The molecule has 0 aliphatic carbocycles. The van der Waals surface area contributed by atoms with Crippen molar-refractivity contribution >= 4 is 6.21 Å². The highest BCUT2D eigenvalue weighted by atomic mass is 16.5. The zero-order chi connectivity index (χ0) is 18.9. The molecule has 138 valence electrons. The van der Waals surface area contributed by atoms with Gasteiger partial charge < -0.3 is 14.6 Å². The second-order valence-corrected chi connectivity index (χ2v) is 6.04. The Bertz CT molecular complexity index is 863. The second-order valence-electron chi connectivity index (χ2n) is 6.04. The molecule has 0 saturated carbocycles. The predicted octanol–water partition coefficient (Wildman–Crippen LogP) is 4.43. The third kappa shape index (κ3) is 4.96. The first-order valence-corrected chi connectivity index (χ1v) is 8.84. The van der Waals surface area contributed by atoms with Gasteiger partial charge in [0.1, 0.15) is 6.61 Å². The predicted molar refractivity (Wildman–Crippen MR) is 108 cm³/mol. The van der Waals surface area contributed by atoms with Gasteiger partial charge in [0.25, 0.3) is 0 Å². The fraction of sp³-hybridized carbons (Fsp3) is 0.174. The molecule has 0 aliphatic heterocycles. The van der Waals surface area contributed by atoms with E-state index in [0.29, 0.717) is 18.1 Å². The van der Waals surface area contributed by atoms with Gasteiger partial charge >= 0.3 is 0 Å². The minimum absolute atomic E-state index is 0.0648. The molecule has 4 nitrogen and oxygen atoms in total. The largest absolute Gasteiger partial charge is 0.493 e. The average Bonchev–Trinajstić information content (AvgIpc) is 2.74. The van der Waals surface area contributed by atoms with Crippen LogP contribution in [0.3, 0.4) is 0 Å². The van der Waals surface area contributed by atoms with Gasteiger partial charge in [-0.2, -0.15) is 0 Å². The molecule has 0 unspecified atom stereocenters. The van der Waals surface area contributed by atoms with E-state index in [4.69, 9.17) is 9.47 Å². The quantitative estimate of drug-likeness (QED) is 0.604. The summed E-state index contributed by atoms with van der Waals surface area (Å²) in [5, 5.41) is 9.71. The fourth-order valence-corrected chi connectivity index (χ4v) is 2.76. The van der Waals surface area contributed by atoms with E-state index < -0.39 is 0 Å². The molecule has 0 bridgehead atoms. The van der Waals surface area contributed by atoms with Gasteiger partial charge in [-0.25, -0.2) is 0 Å². The molecule has 0 fully saturated rings. The molecule has 0 aliphatic rings. The molecule has 4 heteroatoms. The Hall–Kier alpha value is -3.11. The van der Waals surface area contributed by atoms with E-state index in [1.807, 2.05) is 78.9 Å². The van der Waals surface area contributed by atoms with E-state index in [0.717, 1.165) is 16.7 Å². The van der Waals surface area contributed by atoms with Crippen LogP contribution in [0.1, 0.15) is 22.7 Å². The summed E-state index contributed by atoms with van der Waals surface area (Å²) in [7, 11) is 1.62. The van der Waals surface area contributed by atoms with E-state index in [-0.39, 0.29) is 12.6 Å². The van der Waals surface area contributed by atoms with Crippen molar-refractivity contribution in [2.75, 3.05) is 13.7 Å². The van der Waals surface area contributed by atoms with Gasteiger partial charge in [0.05, 0.1) is 19.8 Å². The number of methoxy groups -OCH3 is 1. The molecule has 0 amide bonds. The summed E-state index contributed by atoms with van der Waals surface area (Å²) in [5.41, 5.74) is 2.84. The zero-order valence-electron chi connectivity index (χ0n) is 15.3. The van der Waals surface area contributed by atoms with Crippen molar-refractivity contribution < 1.29 is 14.6 Å². The lowest BCUT2D eigenvalue weighted by Crippen LogP contribution is -2.03. The molecular formula is C23H23NO3. The molecule has 3 rings (SSSR count). The summed E-state index contributed by atoms with van der Waals surface area (Å²) in [5.74, 6) is 1.28.